The molecule has 1 atom stereocenters. The Morgan fingerprint density at radius 1 is 1.25 bits per heavy atom. The maximum atomic E-state index is 11.5. The van der Waals surface area contributed by atoms with Crippen LogP contribution in [0.5, 0.6) is 0 Å². The fourth-order valence-corrected chi connectivity index (χ4v) is 1.10. The van der Waals surface area contributed by atoms with Gasteiger partial charge in [0.15, 0.2) is 0 Å². The predicted molar refractivity (Wildman–Crippen MR) is 65.4 cm³/mol. The van der Waals surface area contributed by atoms with Gasteiger partial charge in [0, 0.05) is 6.61 Å². The van der Waals surface area contributed by atoms with Crippen molar-refractivity contribution in [2.75, 3.05) is 13.2 Å². The monoisotopic (exact) mass is 230 g/mol. The van der Waals surface area contributed by atoms with E-state index >= 15 is 0 Å². The fourth-order valence-electron chi connectivity index (χ4n) is 1.10. The van der Waals surface area contributed by atoms with Gasteiger partial charge in [-0.05, 0) is 34.1 Å². The van der Waals surface area contributed by atoms with Crippen LogP contribution in [0.4, 0.5) is 0 Å². The number of carbonyl (C=O) groups excluding carboxylic acids is 1. The Labute approximate surface area is 99.5 Å². The summed E-state index contributed by atoms with van der Waals surface area (Å²) in [5, 5.41) is 0. The lowest BCUT2D eigenvalue weighted by atomic mass is 9.97. The molecule has 3 nitrogen and oxygen atoms in total. The highest BCUT2D eigenvalue weighted by Gasteiger charge is 2.24. The van der Waals surface area contributed by atoms with Crippen molar-refractivity contribution in [2.45, 2.75) is 60.0 Å². The lowest BCUT2D eigenvalue weighted by Crippen LogP contribution is -2.29. The van der Waals surface area contributed by atoms with Crippen LogP contribution in [0.25, 0.3) is 0 Å². The number of unbranched alkanes of at least 4 members (excludes halogenated alkanes) is 2. The Bertz CT molecular complexity index is 194. The molecule has 0 bridgehead atoms. The minimum Gasteiger partial charge on any atom is -0.460 e. The molecule has 0 rings (SSSR count). The zero-order chi connectivity index (χ0) is 12.6. The molecule has 0 fully saturated rings. The van der Waals surface area contributed by atoms with Crippen LogP contribution in [-0.4, -0.2) is 25.3 Å². The molecular weight excluding hydrogens is 204 g/mol. The van der Waals surface area contributed by atoms with Gasteiger partial charge in [0.05, 0.1) is 12.0 Å². The van der Waals surface area contributed by atoms with Gasteiger partial charge in [-0.1, -0.05) is 19.8 Å². The van der Waals surface area contributed by atoms with Gasteiger partial charge < -0.3 is 9.47 Å². The third kappa shape index (κ3) is 7.69. The quantitative estimate of drug-likeness (QED) is 0.498. The van der Waals surface area contributed by atoms with Crippen LogP contribution in [0.2, 0.25) is 0 Å². The molecule has 1 unspecified atom stereocenters. The van der Waals surface area contributed by atoms with Crippen LogP contribution in [0.3, 0.4) is 0 Å². The molecule has 16 heavy (non-hydrogen) atoms. The number of ether oxygens (including phenoxy) is 2. The summed E-state index contributed by atoms with van der Waals surface area (Å²) in [5.74, 6) is -0.169. The number of hydrogen-bond donors (Lipinski definition) is 0. The zero-order valence-corrected chi connectivity index (χ0v) is 11.3. The van der Waals surface area contributed by atoms with E-state index in [1.165, 1.54) is 12.8 Å². The predicted octanol–water partition coefficient (Wildman–Crippen LogP) is 3.17. The molecule has 0 saturated heterocycles. The second-order valence-corrected chi connectivity index (χ2v) is 5.25. The number of rotatable bonds is 7. The number of hydrogen-bond acceptors (Lipinski definition) is 3. The second kappa shape index (κ2) is 7.66. The molecule has 0 aromatic heterocycles. The maximum Gasteiger partial charge on any atom is 0.311 e. The Kier molecular flexibility index (Phi) is 7.39. The summed E-state index contributed by atoms with van der Waals surface area (Å²) in [6, 6.07) is 0. The van der Waals surface area contributed by atoms with Gasteiger partial charge >= 0.3 is 5.97 Å². The summed E-state index contributed by atoms with van der Waals surface area (Å²) in [6.07, 6.45) is 3.30. The van der Waals surface area contributed by atoms with Crippen molar-refractivity contribution in [3.05, 3.63) is 0 Å². The molecule has 0 aliphatic rings. The number of carbonyl (C=O) groups is 1. The molecule has 0 saturated carbocycles. The molecule has 0 amide bonds. The first-order valence-electron chi connectivity index (χ1n) is 6.16. The first kappa shape index (κ1) is 15.4. The molecule has 0 heterocycles. The highest BCUT2D eigenvalue weighted by atomic mass is 16.6. The summed E-state index contributed by atoms with van der Waals surface area (Å²) >= 11 is 0. The third-order valence-electron chi connectivity index (χ3n) is 2.17. The molecule has 96 valence electrons. The molecule has 0 N–H and O–H groups in total. The van der Waals surface area contributed by atoms with Crippen LogP contribution < -0.4 is 0 Å². The largest absolute Gasteiger partial charge is 0.460 e. The van der Waals surface area contributed by atoms with E-state index in [2.05, 4.69) is 6.92 Å². The molecule has 0 aromatic carbocycles. The van der Waals surface area contributed by atoms with E-state index in [1.54, 1.807) is 0 Å². The Balaban J connectivity index is 3.59. The van der Waals surface area contributed by atoms with Gasteiger partial charge in [0.25, 0.3) is 0 Å². The Morgan fingerprint density at radius 3 is 2.38 bits per heavy atom. The summed E-state index contributed by atoms with van der Waals surface area (Å²) in [6.45, 7) is 10.8. The molecule has 0 spiro atoms. The van der Waals surface area contributed by atoms with E-state index in [0.29, 0.717) is 6.61 Å². The van der Waals surface area contributed by atoms with E-state index < -0.39 is 5.41 Å². The van der Waals surface area contributed by atoms with Gasteiger partial charge in [0.1, 0.15) is 6.10 Å². The molecule has 3 heteroatoms. The van der Waals surface area contributed by atoms with Crippen LogP contribution in [0, 0.1) is 5.41 Å². The first-order valence-corrected chi connectivity index (χ1v) is 6.16. The number of esters is 1. The van der Waals surface area contributed by atoms with E-state index in [9.17, 15) is 4.79 Å². The van der Waals surface area contributed by atoms with Crippen molar-refractivity contribution in [2.24, 2.45) is 5.41 Å². The standard InChI is InChI=1S/C13H26O3/c1-6-7-8-9-15-10-11(2)16-12(14)13(3,4)5/h11H,6-10H2,1-5H3. The van der Waals surface area contributed by atoms with Crippen LogP contribution >= 0.6 is 0 Å². The van der Waals surface area contributed by atoms with Crippen molar-refractivity contribution < 1.29 is 14.3 Å². The second-order valence-electron chi connectivity index (χ2n) is 5.25. The van der Waals surface area contributed by atoms with E-state index in [1.807, 2.05) is 27.7 Å². The molecule has 0 aromatic rings. The van der Waals surface area contributed by atoms with Gasteiger partial charge in [-0.15, -0.1) is 0 Å². The molecule has 0 radical (unpaired) electrons. The fraction of sp³-hybridized carbons (Fsp3) is 0.923. The van der Waals surface area contributed by atoms with Crippen molar-refractivity contribution in [1.82, 2.24) is 0 Å². The van der Waals surface area contributed by atoms with Crippen LogP contribution in [0.1, 0.15) is 53.9 Å². The van der Waals surface area contributed by atoms with E-state index in [0.717, 1.165) is 13.0 Å². The maximum absolute atomic E-state index is 11.5. The molecule has 0 aliphatic heterocycles. The summed E-state index contributed by atoms with van der Waals surface area (Å²) in [4.78, 5) is 11.5. The van der Waals surface area contributed by atoms with E-state index in [4.69, 9.17) is 9.47 Å². The summed E-state index contributed by atoms with van der Waals surface area (Å²) in [7, 11) is 0. The molecule has 0 aliphatic carbocycles. The zero-order valence-electron chi connectivity index (χ0n) is 11.3. The SMILES string of the molecule is CCCCCOCC(C)OC(=O)C(C)(C)C. The topological polar surface area (TPSA) is 35.5 Å². The normalized spacial score (nSPS) is 13.6. The summed E-state index contributed by atoms with van der Waals surface area (Å²) in [5.41, 5.74) is -0.434. The van der Waals surface area contributed by atoms with Gasteiger partial charge in [-0.3, -0.25) is 4.79 Å². The van der Waals surface area contributed by atoms with Gasteiger partial charge in [-0.25, -0.2) is 0 Å². The van der Waals surface area contributed by atoms with Crippen LogP contribution in [-0.2, 0) is 14.3 Å². The Hall–Kier alpha value is -0.570. The van der Waals surface area contributed by atoms with Crippen LogP contribution in [0.15, 0.2) is 0 Å². The Morgan fingerprint density at radius 2 is 1.88 bits per heavy atom. The third-order valence-corrected chi connectivity index (χ3v) is 2.17. The lowest BCUT2D eigenvalue weighted by molar-refractivity contribution is -0.160. The van der Waals surface area contributed by atoms with Crippen molar-refractivity contribution in [3.63, 3.8) is 0 Å². The minimum atomic E-state index is -0.434. The van der Waals surface area contributed by atoms with Crippen molar-refractivity contribution >= 4 is 5.97 Å². The average molecular weight is 230 g/mol. The molecular formula is C13H26O3. The van der Waals surface area contributed by atoms with Crippen molar-refractivity contribution in [3.8, 4) is 0 Å². The smallest absolute Gasteiger partial charge is 0.311 e. The highest BCUT2D eigenvalue weighted by molar-refractivity contribution is 5.75. The summed E-state index contributed by atoms with van der Waals surface area (Å²) < 4.78 is 10.7. The minimum absolute atomic E-state index is 0.159. The highest BCUT2D eigenvalue weighted by Crippen LogP contribution is 2.16. The van der Waals surface area contributed by atoms with Gasteiger partial charge in [-0.2, -0.15) is 0 Å². The average Bonchev–Trinajstić information content (AvgIpc) is 2.16. The first-order chi connectivity index (χ1) is 7.38. The van der Waals surface area contributed by atoms with Gasteiger partial charge in [0.2, 0.25) is 0 Å². The van der Waals surface area contributed by atoms with Crippen molar-refractivity contribution in [1.29, 1.82) is 0 Å². The lowest BCUT2D eigenvalue weighted by Gasteiger charge is -2.20. The van der Waals surface area contributed by atoms with E-state index in [-0.39, 0.29) is 12.1 Å².